The van der Waals surface area contributed by atoms with Gasteiger partial charge in [-0.1, -0.05) is 0 Å². The van der Waals surface area contributed by atoms with Crippen molar-refractivity contribution in [1.29, 1.82) is 0 Å². The standard InChI is InChI=1S/C5H9NO2/c1-2-8-5(7)4-3-6-4/h4,6H,2-3H2,1H3/p+1/t4-/m1/s1. The van der Waals surface area contributed by atoms with Crippen LogP contribution < -0.4 is 5.32 Å². The van der Waals surface area contributed by atoms with Gasteiger partial charge in [0.05, 0.1) is 6.61 Å². The van der Waals surface area contributed by atoms with Crippen molar-refractivity contribution < 1.29 is 14.8 Å². The molecule has 2 N–H and O–H groups in total. The summed E-state index contributed by atoms with van der Waals surface area (Å²) in [7, 11) is 0. The van der Waals surface area contributed by atoms with Gasteiger partial charge in [-0.3, -0.25) is 0 Å². The van der Waals surface area contributed by atoms with Gasteiger partial charge in [0.25, 0.3) is 0 Å². The van der Waals surface area contributed by atoms with Crippen molar-refractivity contribution >= 4 is 5.97 Å². The largest absolute Gasteiger partial charge is 0.461 e. The average molecular weight is 116 g/mol. The molecule has 0 aliphatic carbocycles. The first kappa shape index (κ1) is 5.56. The van der Waals surface area contributed by atoms with E-state index in [0.717, 1.165) is 6.54 Å². The third kappa shape index (κ3) is 1.20. The average Bonchev–Trinajstić information content (AvgIpc) is 2.45. The summed E-state index contributed by atoms with van der Waals surface area (Å²) >= 11 is 0. The van der Waals surface area contributed by atoms with Gasteiger partial charge in [-0.05, 0) is 6.92 Å². The van der Waals surface area contributed by atoms with Crippen LogP contribution in [-0.2, 0) is 9.53 Å². The lowest BCUT2D eigenvalue weighted by Crippen LogP contribution is -2.61. The van der Waals surface area contributed by atoms with Gasteiger partial charge in [0.15, 0.2) is 0 Å². The van der Waals surface area contributed by atoms with Gasteiger partial charge in [-0.2, -0.15) is 0 Å². The van der Waals surface area contributed by atoms with E-state index in [9.17, 15) is 4.79 Å². The fraction of sp³-hybridized carbons (Fsp3) is 0.800. The molecule has 1 aliphatic rings. The van der Waals surface area contributed by atoms with E-state index < -0.39 is 0 Å². The van der Waals surface area contributed by atoms with Crippen molar-refractivity contribution in [2.45, 2.75) is 13.0 Å². The quantitative estimate of drug-likeness (QED) is 0.352. The highest BCUT2D eigenvalue weighted by atomic mass is 16.5. The fourth-order valence-electron chi connectivity index (χ4n) is 0.510. The number of nitrogens with two attached hydrogens (primary N) is 1. The van der Waals surface area contributed by atoms with Gasteiger partial charge in [-0.25, -0.2) is 4.79 Å². The number of esters is 1. The monoisotopic (exact) mass is 116 g/mol. The van der Waals surface area contributed by atoms with Crippen LogP contribution in [0.1, 0.15) is 6.92 Å². The maximum absolute atomic E-state index is 10.6. The molecular formula is C5H10NO2+. The lowest BCUT2D eigenvalue weighted by molar-refractivity contribution is -0.490. The second-order valence-corrected chi connectivity index (χ2v) is 1.83. The normalized spacial score (nSPS) is 24.9. The molecular weight excluding hydrogens is 106 g/mol. The molecule has 1 aliphatic heterocycles. The molecule has 1 heterocycles. The molecule has 3 nitrogen and oxygen atoms in total. The smallest absolute Gasteiger partial charge is 0.370 e. The summed E-state index contributed by atoms with van der Waals surface area (Å²) < 4.78 is 4.70. The molecule has 0 spiro atoms. The van der Waals surface area contributed by atoms with Gasteiger partial charge in [0, 0.05) is 0 Å². The molecule has 1 atom stereocenters. The van der Waals surface area contributed by atoms with E-state index in [1.807, 2.05) is 12.2 Å². The molecule has 0 radical (unpaired) electrons. The summed E-state index contributed by atoms with van der Waals surface area (Å²) in [6, 6.07) is 0.134. The minimum atomic E-state index is -0.0625. The number of rotatable bonds is 2. The highest BCUT2D eigenvalue weighted by Gasteiger charge is 2.36. The fourth-order valence-corrected chi connectivity index (χ4v) is 0.510. The van der Waals surface area contributed by atoms with Crippen LogP contribution in [0, 0.1) is 0 Å². The van der Waals surface area contributed by atoms with E-state index in [1.54, 1.807) is 0 Å². The van der Waals surface area contributed by atoms with E-state index in [4.69, 9.17) is 4.74 Å². The highest BCUT2D eigenvalue weighted by molar-refractivity contribution is 5.75. The first-order chi connectivity index (χ1) is 3.84. The SMILES string of the molecule is CCOC(=O)[C@H]1C[NH2+]1. The second kappa shape index (κ2) is 2.13. The zero-order valence-corrected chi connectivity index (χ0v) is 4.89. The summed E-state index contributed by atoms with van der Waals surface area (Å²) in [5, 5.41) is 1.94. The first-order valence-corrected chi connectivity index (χ1v) is 2.84. The number of carbonyl (C=O) groups excluding carboxylic acids is 1. The lowest BCUT2D eigenvalue weighted by atomic mass is 10.5. The lowest BCUT2D eigenvalue weighted by Gasteiger charge is -1.92. The molecule has 3 heteroatoms. The Morgan fingerprint density at radius 1 is 2.00 bits per heavy atom. The van der Waals surface area contributed by atoms with Crippen LogP contribution in [-0.4, -0.2) is 25.2 Å². The van der Waals surface area contributed by atoms with Crippen molar-refractivity contribution in [3.05, 3.63) is 0 Å². The van der Waals surface area contributed by atoms with Crippen molar-refractivity contribution in [2.24, 2.45) is 0 Å². The number of hydrogen-bond donors (Lipinski definition) is 1. The molecule has 46 valence electrons. The molecule has 0 unspecified atom stereocenters. The predicted molar refractivity (Wildman–Crippen MR) is 27.2 cm³/mol. The van der Waals surface area contributed by atoms with Gasteiger partial charge >= 0.3 is 5.97 Å². The van der Waals surface area contributed by atoms with E-state index in [-0.39, 0.29) is 12.0 Å². The van der Waals surface area contributed by atoms with Crippen LogP contribution >= 0.6 is 0 Å². The Balaban J connectivity index is 2.13. The number of ether oxygens (including phenoxy) is 1. The second-order valence-electron chi connectivity index (χ2n) is 1.83. The van der Waals surface area contributed by atoms with Crippen molar-refractivity contribution in [3.63, 3.8) is 0 Å². The molecule has 1 fully saturated rings. The Hall–Kier alpha value is -0.570. The van der Waals surface area contributed by atoms with Crippen LogP contribution in [0.2, 0.25) is 0 Å². The summed E-state index contributed by atoms with van der Waals surface area (Å²) in [5.74, 6) is -0.0625. The minimum absolute atomic E-state index is 0.0625. The van der Waals surface area contributed by atoms with Crippen LogP contribution in [0.25, 0.3) is 0 Å². The Morgan fingerprint density at radius 3 is 3.00 bits per heavy atom. The molecule has 0 aromatic carbocycles. The highest BCUT2D eigenvalue weighted by Crippen LogP contribution is 1.86. The summed E-state index contributed by atoms with van der Waals surface area (Å²) in [5.41, 5.74) is 0. The number of hydrogen-bond acceptors (Lipinski definition) is 2. The predicted octanol–water partition coefficient (Wildman–Crippen LogP) is -1.50. The van der Waals surface area contributed by atoms with Gasteiger partial charge in [-0.15, -0.1) is 0 Å². The van der Waals surface area contributed by atoms with Gasteiger partial charge in [0.2, 0.25) is 6.04 Å². The Kier molecular flexibility index (Phi) is 1.48. The number of quaternary nitrogens is 1. The molecule has 1 saturated heterocycles. The van der Waals surface area contributed by atoms with E-state index in [0.29, 0.717) is 6.61 Å². The van der Waals surface area contributed by atoms with E-state index in [1.165, 1.54) is 0 Å². The Labute approximate surface area is 48.0 Å². The molecule has 1 rings (SSSR count). The molecule has 8 heavy (non-hydrogen) atoms. The summed E-state index contributed by atoms with van der Waals surface area (Å²) in [6.45, 7) is 3.24. The maximum Gasteiger partial charge on any atom is 0.370 e. The van der Waals surface area contributed by atoms with E-state index >= 15 is 0 Å². The van der Waals surface area contributed by atoms with Crippen LogP contribution in [0.4, 0.5) is 0 Å². The van der Waals surface area contributed by atoms with Gasteiger partial charge < -0.3 is 10.1 Å². The van der Waals surface area contributed by atoms with E-state index in [2.05, 4.69) is 0 Å². The first-order valence-electron chi connectivity index (χ1n) is 2.84. The minimum Gasteiger partial charge on any atom is -0.461 e. The maximum atomic E-state index is 10.6. The van der Waals surface area contributed by atoms with Crippen LogP contribution in [0.3, 0.4) is 0 Å². The zero-order valence-electron chi connectivity index (χ0n) is 4.89. The Morgan fingerprint density at radius 2 is 2.62 bits per heavy atom. The Bertz CT molecular complexity index is 98.6. The molecule has 0 aromatic heterocycles. The molecule has 0 bridgehead atoms. The third-order valence-electron chi connectivity index (χ3n) is 1.06. The van der Waals surface area contributed by atoms with Crippen LogP contribution in [0.5, 0.6) is 0 Å². The van der Waals surface area contributed by atoms with Crippen molar-refractivity contribution in [2.75, 3.05) is 13.2 Å². The third-order valence-corrected chi connectivity index (χ3v) is 1.06. The molecule has 0 saturated carbocycles. The number of carbonyl (C=O) groups is 1. The van der Waals surface area contributed by atoms with Crippen molar-refractivity contribution in [1.82, 2.24) is 0 Å². The molecule has 0 aromatic rings. The van der Waals surface area contributed by atoms with Gasteiger partial charge in [0.1, 0.15) is 6.54 Å². The summed E-state index contributed by atoms with van der Waals surface area (Å²) in [6.07, 6.45) is 0. The topological polar surface area (TPSA) is 42.9 Å². The zero-order chi connectivity index (χ0) is 5.98. The van der Waals surface area contributed by atoms with Crippen molar-refractivity contribution in [3.8, 4) is 0 Å². The summed E-state index contributed by atoms with van der Waals surface area (Å²) in [4.78, 5) is 10.6. The molecule has 0 amide bonds. The van der Waals surface area contributed by atoms with Crippen LogP contribution in [0.15, 0.2) is 0 Å².